The summed E-state index contributed by atoms with van der Waals surface area (Å²) in [7, 11) is 1.54. The second kappa shape index (κ2) is 8.98. The molecule has 0 radical (unpaired) electrons. The number of amides is 1. The van der Waals surface area contributed by atoms with Crippen molar-refractivity contribution in [3.8, 4) is 11.5 Å². The Morgan fingerprint density at radius 1 is 1.40 bits per heavy atom. The maximum atomic E-state index is 11.9. The zero-order valence-electron chi connectivity index (χ0n) is 11.9. The fraction of sp³-hybridized carbons (Fsp3) is 0.400. The van der Waals surface area contributed by atoms with E-state index in [2.05, 4.69) is 11.9 Å². The zero-order chi connectivity index (χ0) is 14.8. The van der Waals surface area contributed by atoms with Gasteiger partial charge in [-0.05, 0) is 37.6 Å². The molecule has 1 aromatic rings. The maximum Gasteiger partial charge on any atom is 0.251 e. The van der Waals surface area contributed by atoms with Crippen LogP contribution in [0.5, 0.6) is 11.5 Å². The number of nitrogens with one attached hydrogen (secondary N) is 1. The lowest BCUT2D eigenvalue weighted by Crippen LogP contribution is -2.24. The van der Waals surface area contributed by atoms with Gasteiger partial charge in [0.15, 0.2) is 11.5 Å². The summed E-state index contributed by atoms with van der Waals surface area (Å²) in [5.41, 5.74) is 5.94. The Kier molecular flexibility index (Phi) is 7.21. The third-order valence-corrected chi connectivity index (χ3v) is 2.70. The second-order valence-corrected chi connectivity index (χ2v) is 4.22. The summed E-state index contributed by atoms with van der Waals surface area (Å²) in [6, 6.07) is 5.09. The molecule has 5 nitrogen and oxygen atoms in total. The summed E-state index contributed by atoms with van der Waals surface area (Å²) in [5.74, 6) is 0.990. The van der Waals surface area contributed by atoms with Crippen molar-refractivity contribution < 1.29 is 14.3 Å². The lowest BCUT2D eigenvalue weighted by atomic mass is 10.2. The number of unbranched alkanes of at least 4 members (excludes halogenated alkanes) is 1. The van der Waals surface area contributed by atoms with Gasteiger partial charge in [0, 0.05) is 12.1 Å². The van der Waals surface area contributed by atoms with Crippen molar-refractivity contribution in [1.82, 2.24) is 5.32 Å². The Balaban J connectivity index is 2.66. The molecule has 0 aliphatic carbocycles. The van der Waals surface area contributed by atoms with E-state index >= 15 is 0 Å². The average Bonchev–Trinajstić information content (AvgIpc) is 2.49. The summed E-state index contributed by atoms with van der Waals surface area (Å²) in [4.78, 5) is 11.9. The first-order valence-corrected chi connectivity index (χ1v) is 6.63. The summed E-state index contributed by atoms with van der Waals surface area (Å²) >= 11 is 0. The van der Waals surface area contributed by atoms with Gasteiger partial charge in [0.05, 0.1) is 7.11 Å². The number of benzene rings is 1. The lowest BCUT2D eigenvalue weighted by Gasteiger charge is -2.11. The minimum absolute atomic E-state index is 0.129. The Bertz CT molecular complexity index is 447. The third-order valence-electron chi connectivity index (χ3n) is 2.70. The number of nitrogens with two attached hydrogens (primary N) is 1. The molecular weight excluding hydrogens is 256 g/mol. The van der Waals surface area contributed by atoms with Crippen LogP contribution in [0.3, 0.4) is 0 Å². The minimum atomic E-state index is -0.129. The van der Waals surface area contributed by atoms with E-state index in [4.69, 9.17) is 15.2 Å². The molecule has 0 atom stereocenters. The summed E-state index contributed by atoms with van der Waals surface area (Å²) < 4.78 is 10.7. The van der Waals surface area contributed by atoms with Crippen LogP contribution in [0.4, 0.5) is 0 Å². The van der Waals surface area contributed by atoms with Crippen LogP contribution in [0, 0.1) is 0 Å². The SMILES string of the molecule is C=CCOc1ccc(C(=O)NCCCCN)cc1OC. The molecule has 20 heavy (non-hydrogen) atoms. The first-order chi connectivity index (χ1) is 9.72. The van der Waals surface area contributed by atoms with E-state index in [0.717, 1.165) is 12.8 Å². The van der Waals surface area contributed by atoms with Crippen molar-refractivity contribution in [2.24, 2.45) is 5.73 Å². The van der Waals surface area contributed by atoms with E-state index in [1.807, 2.05) is 0 Å². The number of carbonyl (C=O) groups is 1. The molecule has 0 spiro atoms. The van der Waals surface area contributed by atoms with Crippen molar-refractivity contribution in [3.63, 3.8) is 0 Å². The Morgan fingerprint density at radius 3 is 2.85 bits per heavy atom. The van der Waals surface area contributed by atoms with Crippen molar-refractivity contribution in [2.75, 3.05) is 26.8 Å². The number of hydrogen-bond acceptors (Lipinski definition) is 4. The van der Waals surface area contributed by atoms with E-state index in [1.54, 1.807) is 31.4 Å². The quantitative estimate of drug-likeness (QED) is 0.533. The first-order valence-electron chi connectivity index (χ1n) is 6.63. The van der Waals surface area contributed by atoms with Gasteiger partial charge in [-0.2, -0.15) is 0 Å². The fourth-order valence-electron chi connectivity index (χ4n) is 1.65. The smallest absolute Gasteiger partial charge is 0.251 e. The summed E-state index contributed by atoms with van der Waals surface area (Å²) in [6.07, 6.45) is 3.43. The minimum Gasteiger partial charge on any atom is -0.493 e. The van der Waals surface area contributed by atoms with Crippen LogP contribution in [0.15, 0.2) is 30.9 Å². The first kappa shape index (κ1) is 16.0. The van der Waals surface area contributed by atoms with Gasteiger partial charge in [-0.15, -0.1) is 0 Å². The molecule has 0 saturated heterocycles. The van der Waals surface area contributed by atoms with E-state index < -0.39 is 0 Å². The van der Waals surface area contributed by atoms with Gasteiger partial charge < -0.3 is 20.5 Å². The number of rotatable bonds is 9. The molecular formula is C15H22N2O3. The molecule has 0 aliphatic rings. The molecule has 1 amide bonds. The number of ether oxygens (including phenoxy) is 2. The predicted octanol–water partition coefficient (Wildman–Crippen LogP) is 1.73. The predicted molar refractivity (Wildman–Crippen MR) is 79.3 cm³/mol. The largest absolute Gasteiger partial charge is 0.493 e. The molecule has 1 rings (SSSR count). The van der Waals surface area contributed by atoms with Gasteiger partial charge >= 0.3 is 0 Å². The van der Waals surface area contributed by atoms with Crippen LogP contribution in [0.1, 0.15) is 23.2 Å². The molecule has 1 aromatic carbocycles. The Hall–Kier alpha value is -2.01. The molecule has 0 aromatic heterocycles. The summed E-state index contributed by atoms with van der Waals surface area (Å²) in [5, 5.41) is 2.84. The molecule has 5 heteroatoms. The van der Waals surface area contributed by atoms with Gasteiger partial charge in [-0.3, -0.25) is 4.79 Å². The molecule has 110 valence electrons. The van der Waals surface area contributed by atoms with E-state index in [-0.39, 0.29) is 5.91 Å². The summed E-state index contributed by atoms with van der Waals surface area (Å²) in [6.45, 7) is 5.23. The van der Waals surface area contributed by atoms with Crippen LogP contribution in [-0.4, -0.2) is 32.7 Å². The van der Waals surface area contributed by atoms with Crippen LogP contribution in [0.2, 0.25) is 0 Å². The topological polar surface area (TPSA) is 73.6 Å². The molecule has 3 N–H and O–H groups in total. The Morgan fingerprint density at radius 2 is 2.20 bits per heavy atom. The maximum absolute atomic E-state index is 11.9. The van der Waals surface area contributed by atoms with Crippen LogP contribution < -0.4 is 20.5 Å². The van der Waals surface area contributed by atoms with Crippen LogP contribution in [-0.2, 0) is 0 Å². The van der Waals surface area contributed by atoms with E-state index in [1.165, 1.54) is 0 Å². The lowest BCUT2D eigenvalue weighted by molar-refractivity contribution is 0.0952. The second-order valence-electron chi connectivity index (χ2n) is 4.22. The number of methoxy groups -OCH3 is 1. The van der Waals surface area contributed by atoms with Crippen molar-refractivity contribution in [1.29, 1.82) is 0 Å². The van der Waals surface area contributed by atoms with Gasteiger partial charge in [-0.1, -0.05) is 12.7 Å². The molecule has 0 bridgehead atoms. The molecule has 0 saturated carbocycles. The van der Waals surface area contributed by atoms with E-state index in [0.29, 0.717) is 36.8 Å². The standard InChI is InChI=1S/C15H22N2O3/c1-3-10-20-13-7-6-12(11-14(13)19-2)15(18)17-9-5-4-8-16/h3,6-7,11H,1,4-5,8-10,16H2,2H3,(H,17,18). The highest BCUT2D eigenvalue weighted by Crippen LogP contribution is 2.28. The number of carbonyl (C=O) groups excluding carboxylic acids is 1. The third kappa shape index (κ3) is 4.93. The number of hydrogen-bond donors (Lipinski definition) is 2. The molecule has 0 unspecified atom stereocenters. The van der Waals surface area contributed by atoms with Gasteiger partial charge in [0.2, 0.25) is 0 Å². The van der Waals surface area contributed by atoms with Crippen molar-refractivity contribution >= 4 is 5.91 Å². The van der Waals surface area contributed by atoms with Gasteiger partial charge in [0.25, 0.3) is 5.91 Å². The molecule has 0 heterocycles. The van der Waals surface area contributed by atoms with Crippen molar-refractivity contribution in [3.05, 3.63) is 36.4 Å². The monoisotopic (exact) mass is 278 g/mol. The molecule has 0 fully saturated rings. The van der Waals surface area contributed by atoms with Gasteiger partial charge in [-0.25, -0.2) is 0 Å². The normalized spacial score (nSPS) is 9.90. The zero-order valence-corrected chi connectivity index (χ0v) is 11.9. The molecule has 0 aliphatic heterocycles. The van der Waals surface area contributed by atoms with Crippen molar-refractivity contribution in [2.45, 2.75) is 12.8 Å². The Labute approximate surface area is 119 Å². The highest BCUT2D eigenvalue weighted by Gasteiger charge is 2.10. The highest BCUT2D eigenvalue weighted by atomic mass is 16.5. The average molecular weight is 278 g/mol. The van der Waals surface area contributed by atoms with Gasteiger partial charge in [0.1, 0.15) is 6.61 Å². The van der Waals surface area contributed by atoms with Crippen LogP contribution >= 0.6 is 0 Å². The highest BCUT2D eigenvalue weighted by molar-refractivity contribution is 5.94. The fourth-order valence-corrected chi connectivity index (χ4v) is 1.65. The van der Waals surface area contributed by atoms with E-state index in [9.17, 15) is 4.79 Å². The van der Waals surface area contributed by atoms with Crippen LogP contribution in [0.25, 0.3) is 0 Å².